The second-order valence-electron chi connectivity index (χ2n) is 6.42. The third-order valence-corrected chi connectivity index (χ3v) is 4.65. The molecule has 8 heteroatoms. The maximum absolute atomic E-state index is 12.3. The first-order chi connectivity index (χ1) is 11.7. The van der Waals surface area contributed by atoms with Crippen LogP contribution in [0.5, 0.6) is 0 Å². The van der Waals surface area contributed by atoms with Crippen molar-refractivity contribution in [1.82, 2.24) is 24.6 Å². The molecule has 1 saturated carbocycles. The van der Waals surface area contributed by atoms with Crippen molar-refractivity contribution in [3.05, 3.63) is 40.8 Å². The minimum atomic E-state index is -0.128. The van der Waals surface area contributed by atoms with Crippen LogP contribution < -0.4 is 11.0 Å². The Balaban J connectivity index is 1.36. The van der Waals surface area contributed by atoms with E-state index in [0.29, 0.717) is 19.0 Å². The minimum absolute atomic E-state index is 0.0613. The molecule has 0 aromatic carbocycles. The van der Waals surface area contributed by atoms with E-state index in [9.17, 15) is 9.59 Å². The molecule has 8 nitrogen and oxygen atoms in total. The molecule has 0 unspecified atom stereocenters. The molecular weight excluding hydrogens is 308 g/mol. The van der Waals surface area contributed by atoms with Gasteiger partial charge in [0.1, 0.15) is 5.82 Å². The second kappa shape index (κ2) is 6.10. The van der Waals surface area contributed by atoms with Crippen LogP contribution in [0, 0.1) is 0 Å². The molecule has 0 bridgehead atoms. The Morgan fingerprint density at radius 1 is 1.17 bits per heavy atom. The molecule has 4 rings (SSSR count). The van der Waals surface area contributed by atoms with E-state index in [2.05, 4.69) is 20.4 Å². The van der Waals surface area contributed by atoms with Gasteiger partial charge in [-0.3, -0.25) is 9.97 Å². The summed E-state index contributed by atoms with van der Waals surface area (Å²) in [4.78, 5) is 32.9. The van der Waals surface area contributed by atoms with E-state index in [4.69, 9.17) is 0 Å². The molecule has 2 aromatic rings. The van der Waals surface area contributed by atoms with E-state index in [1.165, 1.54) is 0 Å². The molecule has 0 radical (unpaired) electrons. The van der Waals surface area contributed by atoms with Gasteiger partial charge in [-0.1, -0.05) is 0 Å². The fourth-order valence-corrected chi connectivity index (χ4v) is 3.09. The Hall–Kier alpha value is -2.64. The highest BCUT2D eigenvalue weighted by Gasteiger charge is 2.30. The summed E-state index contributed by atoms with van der Waals surface area (Å²) in [5, 5.41) is 7.32. The van der Waals surface area contributed by atoms with Crippen molar-refractivity contribution in [3.63, 3.8) is 0 Å². The van der Waals surface area contributed by atoms with E-state index in [-0.39, 0.29) is 17.8 Å². The zero-order valence-electron chi connectivity index (χ0n) is 13.3. The van der Waals surface area contributed by atoms with Crippen LogP contribution in [-0.2, 0) is 0 Å². The predicted octanol–water partition coefficient (Wildman–Crippen LogP) is 1.71. The van der Waals surface area contributed by atoms with Crippen LogP contribution in [0.3, 0.4) is 0 Å². The number of urea groups is 1. The third kappa shape index (κ3) is 3.04. The first kappa shape index (κ1) is 14.9. The van der Waals surface area contributed by atoms with E-state index in [0.717, 1.165) is 37.2 Å². The molecule has 2 fully saturated rings. The lowest BCUT2D eigenvalue weighted by molar-refractivity contribution is 0.179. The topological polar surface area (TPSA) is 95.9 Å². The van der Waals surface area contributed by atoms with Crippen LogP contribution in [0.4, 0.5) is 10.5 Å². The van der Waals surface area contributed by atoms with Crippen molar-refractivity contribution < 1.29 is 4.79 Å². The molecule has 0 spiro atoms. The van der Waals surface area contributed by atoms with Crippen molar-refractivity contribution in [2.45, 2.75) is 37.6 Å². The lowest BCUT2D eigenvalue weighted by atomic mass is 10.1. The largest absolute Gasteiger partial charge is 0.343 e. The molecule has 2 amide bonds. The number of pyridine rings is 1. The summed E-state index contributed by atoms with van der Waals surface area (Å²) < 4.78 is 1.58. The molecular formula is C16H20N6O2. The predicted molar refractivity (Wildman–Crippen MR) is 87.9 cm³/mol. The number of aromatic amines is 1. The van der Waals surface area contributed by atoms with Gasteiger partial charge < -0.3 is 10.2 Å². The van der Waals surface area contributed by atoms with E-state index < -0.39 is 0 Å². The van der Waals surface area contributed by atoms with E-state index in [1.807, 2.05) is 0 Å². The molecule has 126 valence electrons. The maximum atomic E-state index is 12.3. The van der Waals surface area contributed by atoms with Crippen LogP contribution in [0.25, 0.3) is 0 Å². The molecule has 2 aliphatic rings. The quantitative estimate of drug-likeness (QED) is 0.896. The summed E-state index contributed by atoms with van der Waals surface area (Å²) in [6.07, 6.45) is 6.98. The Bertz CT molecular complexity index is 771. The SMILES string of the molecule is O=C(Nc1ccncc1)N1CCC(n2nc(C3CC3)[nH]c2=O)CC1. The van der Waals surface area contributed by atoms with Gasteiger partial charge in [0.05, 0.1) is 6.04 Å². The van der Waals surface area contributed by atoms with Crippen molar-refractivity contribution >= 4 is 11.7 Å². The van der Waals surface area contributed by atoms with Gasteiger partial charge in [-0.05, 0) is 37.8 Å². The standard InChI is InChI=1S/C16H20N6O2/c23-15(18-12-3-7-17-8-4-12)21-9-5-13(6-10-21)22-16(24)19-14(20-22)11-1-2-11/h3-4,7-8,11,13H,1-2,5-6,9-10H2,(H,17,18,23)(H,19,20,24). The van der Waals surface area contributed by atoms with Crippen molar-refractivity contribution in [2.24, 2.45) is 0 Å². The molecule has 2 aromatic heterocycles. The Kier molecular flexibility index (Phi) is 3.79. The van der Waals surface area contributed by atoms with Crippen LogP contribution in [0.2, 0.25) is 0 Å². The second-order valence-corrected chi connectivity index (χ2v) is 6.42. The van der Waals surface area contributed by atoms with E-state index in [1.54, 1.807) is 34.1 Å². The zero-order chi connectivity index (χ0) is 16.5. The number of anilines is 1. The van der Waals surface area contributed by atoms with Gasteiger partial charge in [0, 0.05) is 37.1 Å². The normalized spacial score (nSPS) is 18.6. The van der Waals surface area contributed by atoms with Gasteiger partial charge in [-0.2, -0.15) is 5.10 Å². The summed E-state index contributed by atoms with van der Waals surface area (Å²) in [6, 6.07) is 3.46. The average Bonchev–Trinajstić information content (AvgIpc) is 3.38. The highest BCUT2D eigenvalue weighted by Crippen LogP contribution is 2.37. The molecule has 1 saturated heterocycles. The number of hydrogen-bond donors (Lipinski definition) is 2. The lowest BCUT2D eigenvalue weighted by Gasteiger charge is -2.31. The van der Waals surface area contributed by atoms with Gasteiger partial charge in [0.25, 0.3) is 0 Å². The van der Waals surface area contributed by atoms with Crippen LogP contribution in [0.15, 0.2) is 29.3 Å². The van der Waals surface area contributed by atoms with Crippen LogP contribution in [0.1, 0.15) is 43.5 Å². The van der Waals surface area contributed by atoms with Crippen LogP contribution in [-0.4, -0.2) is 43.8 Å². The Morgan fingerprint density at radius 3 is 2.54 bits per heavy atom. The number of nitrogens with zero attached hydrogens (tertiary/aromatic N) is 4. The van der Waals surface area contributed by atoms with Gasteiger partial charge in [-0.15, -0.1) is 0 Å². The zero-order valence-corrected chi connectivity index (χ0v) is 13.3. The summed E-state index contributed by atoms with van der Waals surface area (Å²) in [6.45, 7) is 1.22. The number of H-pyrrole nitrogens is 1. The smallest absolute Gasteiger partial charge is 0.324 e. The fraction of sp³-hybridized carbons (Fsp3) is 0.500. The highest BCUT2D eigenvalue weighted by molar-refractivity contribution is 5.89. The number of carbonyl (C=O) groups excluding carboxylic acids is 1. The molecule has 24 heavy (non-hydrogen) atoms. The fourth-order valence-electron chi connectivity index (χ4n) is 3.09. The monoisotopic (exact) mass is 328 g/mol. The Morgan fingerprint density at radius 2 is 1.88 bits per heavy atom. The maximum Gasteiger partial charge on any atom is 0.343 e. The highest BCUT2D eigenvalue weighted by atomic mass is 16.2. The number of rotatable bonds is 3. The molecule has 3 heterocycles. The van der Waals surface area contributed by atoms with E-state index >= 15 is 0 Å². The van der Waals surface area contributed by atoms with Crippen molar-refractivity contribution in [1.29, 1.82) is 0 Å². The number of hydrogen-bond acceptors (Lipinski definition) is 4. The summed E-state index contributed by atoms with van der Waals surface area (Å²) in [5.41, 5.74) is 0.603. The Labute approximate surface area is 138 Å². The van der Waals surface area contributed by atoms with Gasteiger partial charge >= 0.3 is 11.7 Å². The van der Waals surface area contributed by atoms with Gasteiger partial charge in [-0.25, -0.2) is 14.3 Å². The molecule has 2 N–H and O–H groups in total. The molecule has 0 atom stereocenters. The third-order valence-electron chi connectivity index (χ3n) is 4.65. The first-order valence-corrected chi connectivity index (χ1v) is 8.35. The summed E-state index contributed by atoms with van der Waals surface area (Å²) in [5.74, 6) is 1.25. The number of piperidine rings is 1. The van der Waals surface area contributed by atoms with Gasteiger partial charge in [0.15, 0.2) is 0 Å². The number of nitrogens with one attached hydrogen (secondary N) is 2. The lowest BCUT2D eigenvalue weighted by Crippen LogP contribution is -2.42. The first-order valence-electron chi connectivity index (χ1n) is 8.35. The van der Waals surface area contributed by atoms with Gasteiger partial charge in [0.2, 0.25) is 0 Å². The minimum Gasteiger partial charge on any atom is -0.324 e. The summed E-state index contributed by atoms with van der Waals surface area (Å²) in [7, 11) is 0. The van der Waals surface area contributed by atoms with Crippen LogP contribution >= 0.6 is 0 Å². The summed E-state index contributed by atoms with van der Waals surface area (Å²) >= 11 is 0. The molecule has 1 aliphatic carbocycles. The molecule has 1 aliphatic heterocycles. The number of aromatic nitrogens is 4. The van der Waals surface area contributed by atoms with Crippen molar-refractivity contribution in [3.8, 4) is 0 Å². The number of amides is 2. The number of carbonyl (C=O) groups is 1. The van der Waals surface area contributed by atoms with Crippen molar-refractivity contribution in [2.75, 3.05) is 18.4 Å². The average molecular weight is 328 g/mol. The number of likely N-dealkylation sites (tertiary alicyclic amines) is 1.